The van der Waals surface area contributed by atoms with Gasteiger partial charge in [-0.15, -0.1) is 0 Å². The monoisotopic (exact) mass is 221 g/mol. The Labute approximate surface area is 98.8 Å². The molecule has 2 unspecified atom stereocenters. The van der Waals surface area contributed by atoms with Crippen LogP contribution in [0.4, 0.5) is 0 Å². The van der Waals surface area contributed by atoms with E-state index in [1.54, 1.807) is 7.11 Å². The van der Waals surface area contributed by atoms with E-state index in [9.17, 15) is 0 Å². The molecule has 2 nitrogen and oxygen atoms in total. The molecule has 90 valence electrons. The maximum Gasteiger partial charge on any atom is 0.118 e. The third kappa shape index (κ3) is 3.86. The van der Waals surface area contributed by atoms with Crippen molar-refractivity contribution < 1.29 is 4.74 Å². The average Bonchev–Trinajstić information content (AvgIpc) is 2.35. The fourth-order valence-corrected chi connectivity index (χ4v) is 1.80. The summed E-state index contributed by atoms with van der Waals surface area (Å²) in [6.07, 6.45) is 3.31. The summed E-state index contributed by atoms with van der Waals surface area (Å²) in [5.74, 6) is 1.51. The molecule has 16 heavy (non-hydrogen) atoms. The van der Waals surface area contributed by atoms with Gasteiger partial charge >= 0.3 is 0 Å². The summed E-state index contributed by atoms with van der Waals surface area (Å²) in [5, 5.41) is 0. The molecule has 0 fully saturated rings. The first-order chi connectivity index (χ1) is 7.67. The Bertz CT molecular complexity index is 294. The zero-order chi connectivity index (χ0) is 12.0. The van der Waals surface area contributed by atoms with Gasteiger partial charge in [-0.3, -0.25) is 0 Å². The Morgan fingerprint density at radius 2 is 1.88 bits per heavy atom. The summed E-state index contributed by atoms with van der Waals surface area (Å²) in [6.45, 7) is 4.38. The SMILES string of the molecule is CCC(N)C(C)CCc1ccc(OC)cc1. The van der Waals surface area contributed by atoms with Crippen LogP contribution < -0.4 is 10.5 Å². The van der Waals surface area contributed by atoms with Gasteiger partial charge in [0, 0.05) is 6.04 Å². The van der Waals surface area contributed by atoms with E-state index in [4.69, 9.17) is 10.5 Å². The van der Waals surface area contributed by atoms with Crippen LogP contribution in [0.25, 0.3) is 0 Å². The molecule has 1 rings (SSSR count). The maximum atomic E-state index is 6.01. The molecule has 0 bridgehead atoms. The summed E-state index contributed by atoms with van der Waals surface area (Å²) in [4.78, 5) is 0. The van der Waals surface area contributed by atoms with Crippen molar-refractivity contribution in [2.75, 3.05) is 7.11 Å². The molecule has 0 aliphatic heterocycles. The number of rotatable bonds is 6. The zero-order valence-corrected chi connectivity index (χ0v) is 10.6. The predicted molar refractivity (Wildman–Crippen MR) is 68.7 cm³/mol. The van der Waals surface area contributed by atoms with E-state index in [1.165, 1.54) is 5.56 Å². The Morgan fingerprint density at radius 1 is 1.25 bits per heavy atom. The van der Waals surface area contributed by atoms with E-state index < -0.39 is 0 Å². The van der Waals surface area contributed by atoms with Crippen LogP contribution in [0, 0.1) is 5.92 Å². The number of aryl methyl sites for hydroxylation is 1. The molecule has 1 aromatic rings. The highest BCUT2D eigenvalue weighted by atomic mass is 16.5. The summed E-state index contributed by atoms with van der Waals surface area (Å²) in [7, 11) is 1.69. The minimum atomic E-state index is 0.332. The normalized spacial score (nSPS) is 14.5. The Kier molecular flexibility index (Phi) is 5.33. The lowest BCUT2D eigenvalue weighted by Crippen LogP contribution is -2.27. The standard InChI is InChI=1S/C14H23NO/c1-4-14(15)11(2)5-6-12-7-9-13(16-3)10-8-12/h7-11,14H,4-6,15H2,1-3H3. The fourth-order valence-electron chi connectivity index (χ4n) is 1.80. The average molecular weight is 221 g/mol. The van der Waals surface area contributed by atoms with E-state index in [0.29, 0.717) is 12.0 Å². The molecule has 0 saturated heterocycles. The van der Waals surface area contributed by atoms with Crippen molar-refractivity contribution in [3.05, 3.63) is 29.8 Å². The molecule has 0 amide bonds. The lowest BCUT2D eigenvalue weighted by Gasteiger charge is -2.17. The third-order valence-electron chi connectivity index (χ3n) is 3.25. The number of ether oxygens (including phenoxy) is 1. The van der Waals surface area contributed by atoms with Crippen molar-refractivity contribution in [3.63, 3.8) is 0 Å². The minimum Gasteiger partial charge on any atom is -0.497 e. The van der Waals surface area contributed by atoms with E-state index in [0.717, 1.165) is 25.0 Å². The van der Waals surface area contributed by atoms with Crippen LogP contribution in [0.1, 0.15) is 32.3 Å². The smallest absolute Gasteiger partial charge is 0.118 e. The first-order valence-corrected chi connectivity index (χ1v) is 6.05. The largest absolute Gasteiger partial charge is 0.497 e. The summed E-state index contributed by atoms with van der Waals surface area (Å²) < 4.78 is 5.13. The number of hydrogen-bond donors (Lipinski definition) is 1. The molecule has 1 aromatic carbocycles. The van der Waals surface area contributed by atoms with Crippen molar-refractivity contribution in [2.45, 2.75) is 39.2 Å². The number of hydrogen-bond acceptors (Lipinski definition) is 2. The Hall–Kier alpha value is -1.02. The molecule has 0 aliphatic rings. The molecule has 0 aliphatic carbocycles. The molecule has 2 N–H and O–H groups in total. The van der Waals surface area contributed by atoms with Crippen LogP contribution in [-0.2, 0) is 6.42 Å². The van der Waals surface area contributed by atoms with Gasteiger partial charge in [-0.2, -0.15) is 0 Å². The second-order valence-electron chi connectivity index (χ2n) is 4.44. The number of methoxy groups -OCH3 is 1. The zero-order valence-electron chi connectivity index (χ0n) is 10.6. The van der Waals surface area contributed by atoms with Crippen molar-refractivity contribution in [3.8, 4) is 5.75 Å². The van der Waals surface area contributed by atoms with E-state index in [1.807, 2.05) is 12.1 Å². The molecule has 2 atom stereocenters. The van der Waals surface area contributed by atoms with Gasteiger partial charge < -0.3 is 10.5 Å². The molecular weight excluding hydrogens is 198 g/mol. The lowest BCUT2D eigenvalue weighted by atomic mass is 9.93. The van der Waals surface area contributed by atoms with E-state index >= 15 is 0 Å². The van der Waals surface area contributed by atoms with Crippen LogP contribution in [0.5, 0.6) is 5.75 Å². The molecule has 0 spiro atoms. The van der Waals surface area contributed by atoms with Gasteiger partial charge in [-0.1, -0.05) is 26.0 Å². The van der Waals surface area contributed by atoms with Gasteiger partial charge in [-0.25, -0.2) is 0 Å². The fraction of sp³-hybridized carbons (Fsp3) is 0.571. The highest BCUT2D eigenvalue weighted by Crippen LogP contribution is 2.16. The third-order valence-corrected chi connectivity index (χ3v) is 3.25. The van der Waals surface area contributed by atoms with Gasteiger partial charge in [0.25, 0.3) is 0 Å². The molecule has 0 heterocycles. The molecule has 2 heteroatoms. The van der Waals surface area contributed by atoms with Crippen molar-refractivity contribution in [2.24, 2.45) is 11.7 Å². The molecule has 0 radical (unpaired) electrons. The van der Waals surface area contributed by atoms with Crippen molar-refractivity contribution >= 4 is 0 Å². The van der Waals surface area contributed by atoms with Crippen molar-refractivity contribution in [1.29, 1.82) is 0 Å². The first kappa shape index (κ1) is 13.0. The second-order valence-corrected chi connectivity index (χ2v) is 4.44. The van der Waals surface area contributed by atoms with Crippen molar-refractivity contribution in [1.82, 2.24) is 0 Å². The minimum absolute atomic E-state index is 0.332. The predicted octanol–water partition coefficient (Wildman–Crippen LogP) is 3.00. The van der Waals surface area contributed by atoms with Gasteiger partial charge in [0.15, 0.2) is 0 Å². The second kappa shape index (κ2) is 6.54. The first-order valence-electron chi connectivity index (χ1n) is 6.05. The molecule has 0 aromatic heterocycles. The maximum absolute atomic E-state index is 6.01. The summed E-state index contributed by atoms with van der Waals surface area (Å²) in [6, 6.07) is 8.61. The van der Waals surface area contributed by atoms with Crippen LogP contribution in [-0.4, -0.2) is 13.2 Å². The highest BCUT2D eigenvalue weighted by Gasteiger charge is 2.10. The van der Waals surface area contributed by atoms with Gasteiger partial charge in [0.05, 0.1) is 7.11 Å². The van der Waals surface area contributed by atoms with Gasteiger partial charge in [-0.05, 0) is 42.9 Å². The quantitative estimate of drug-likeness (QED) is 0.801. The highest BCUT2D eigenvalue weighted by molar-refractivity contribution is 5.27. The van der Waals surface area contributed by atoms with Gasteiger partial charge in [0.1, 0.15) is 5.75 Å². The van der Waals surface area contributed by atoms with Gasteiger partial charge in [0.2, 0.25) is 0 Å². The number of nitrogens with two attached hydrogens (primary N) is 1. The van der Waals surface area contributed by atoms with E-state index in [-0.39, 0.29) is 0 Å². The van der Waals surface area contributed by atoms with E-state index in [2.05, 4.69) is 26.0 Å². The van der Waals surface area contributed by atoms with Crippen LogP contribution in [0.3, 0.4) is 0 Å². The summed E-state index contributed by atoms with van der Waals surface area (Å²) in [5.41, 5.74) is 7.36. The number of benzene rings is 1. The Balaban J connectivity index is 2.42. The topological polar surface area (TPSA) is 35.2 Å². The Morgan fingerprint density at radius 3 is 2.38 bits per heavy atom. The van der Waals surface area contributed by atoms with Crippen LogP contribution >= 0.6 is 0 Å². The van der Waals surface area contributed by atoms with Crippen LogP contribution in [0.15, 0.2) is 24.3 Å². The molecule has 0 saturated carbocycles. The van der Waals surface area contributed by atoms with Crippen LogP contribution in [0.2, 0.25) is 0 Å². The summed E-state index contributed by atoms with van der Waals surface area (Å²) >= 11 is 0. The molecular formula is C14H23NO. The lowest BCUT2D eigenvalue weighted by molar-refractivity contribution is 0.412.